The molecule has 2 aromatic rings. The number of nitrogens with zero attached hydrogens (tertiary/aromatic N) is 3. The van der Waals surface area contributed by atoms with E-state index in [1.165, 1.54) is 9.80 Å². The van der Waals surface area contributed by atoms with Crippen LogP contribution in [0.5, 0.6) is 0 Å². The Hall–Kier alpha value is -2.82. The zero-order chi connectivity index (χ0) is 14.7. The molecule has 0 aromatic heterocycles. The molecular weight excluding hydrogens is 266 g/mol. The van der Waals surface area contributed by atoms with Gasteiger partial charge in [-0.05, 0) is 18.2 Å². The number of para-hydroxylation sites is 1. The summed E-state index contributed by atoms with van der Waals surface area (Å²) in [5, 5.41) is 11.7. The Balaban J connectivity index is 2.17. The molecule has 2 amide bonds. The van der Waals surface area contributed by atoms with E-state index in [9.17, 15) is 9.90 Å². The molecule has 0 unspecified atom stereocenters. The fraction of sp³-hybridized carbons (Fsp3) is 0.125. The molecule has 4 rings (SSSR count). The predicted molar refractivity (Wildman–Crippen MR) is 79.9 cm³/mol. The number of rotatable bonds is 0. The number of amides is 2. The van der Waals surface area contributed by atoms with Gasteiger partial charge in [0.05, 0.1) is 16.3 Å². The molecule has 2 aromatic carbocycles. The summed E-state index contributed by atoms with van der Waals surface area (Å²) in [6, 6.07) is 11.3. The second-order valence-electron chi connectivity index (χ2n) is 5.24. The third-order valence-corrected chi connectivity index (χ3v) is 4.04. The molecule has 2 heterocycles. The number of anilines is 1. The maximum absolute atomic E-state index is 12.2. The number of carbonyl (C=O) groups is 1. The lowest BCUT2D eigenvalue weighted by Crippen LogP contribution is -2.38. The lowest BCUT2D eigenvalue weighted by molar-refractivity contribution is 0.222. The molecule has 2 aliphatic rings. The van der Waals surface area contributed by atoms with Crippen LogP contribution >= 0.6 is 0 Å². The number of aliphatic hydroxyl groups excluding tert-OH is 1. The zero-order valence-electron chi connectivity index (χ0n) is 11.7. The van der Waals surface area contributed by atoms with Crippen molar-refractivity contribution in [3.05, 3.63) is 47.0 Å². The Labute approximate surface area is 121 Å². The first-order chi connectivity index (χ1) is 10.1. The van der Waals surface area contributed by atoms with Crippen molar-refractivity contribution in [3.8, 4) is 11.1 Å². The van der Waals surface area contributed by atoms with Crippen molar-refractivity contribution in [1.82, 2.24) is 4.90 Å². The highest BCUT2D eigenvalue weighted by molar-refractivity contribution is 5.97. The van der Waals surface area contributed by atoms with Crippen molar-refractivity contribution in [2.24, 2.45) is 4.99 Å². The second kappa shape index (κ2) is 3.85. The number of hydrogen-bond donors (Lipinski definition) is 1. The van der Waals surface area contributed by atoms with E-state index in [1.807, 2.05) is 30.3 Å². The van der Waals surface area contributed by atoms with E-state index in [1.54, 1.807) is 20.2 Å². The maximum Gasteiger partial charge on any atom is 0.330 e. The van der Waals surface area contributed by atoms with Crippen LogP contribution in [0.25, 0.3) is 17.0 Å². The van der Waals surface area contributed by atoms with Crippen molar-refractivity contribution in [2.75, 3.05) is 19.0 Å². The van der Waals surface area contributed by atoms with Gasteiger partial charge >= 0.3 is 6.03 Å². The fourth-order valence-electron chi connectivity index (χ4n) is 2.84. The smallest absolute Gasteiger partial charge is 0.330 e. The molecule has 0 aliphatic carbocycles. The average molecular weight is 279 g/mol. The van der Waals surface area contributed by atoms with Crippen molar-refractivity contribution >= 4 is 23.3 Å². The molecule has 0 saturated carbocycles. The topological polar surface area (TPSA) is 56.1 Å². The number of benzene rings is 2. The molecule has 21 heavy (non-hydrogen) atoms. The van der Waals surface area contributed by atoms with Gasteiger partial charge in [0.15, 0.2) is 0 Å². The number of fused-ring (bicyclic) bond motifs is 6. The molecular formula is C16H13N3O2. The molecule has 0 spiro atoms. The quantitative estimate of drug-likeness (QED) is 0.681. The van der Waals surface area contributed by atoms with Gasteiger partial charge in [0, 0.05) is 30.9 Å². The molecule has 0 radical (unpaired) electrons. The molecule has 1 N–H and O–H groups in total. The fourth-order valence-corrected chi connectivity index (χ4v) is 2.84. The van der Waals surface area contributed by atoms with Crippen molar-refractivity contribution in [1.29, 1.82) is 0 Å². The second-order valence-corrected chi connectivity index (χ2v) is 5.24. The first-order valence-corrected chi connectivity index (χ1v) is 6.65. The summed E-state index contributed by atoms with van der Waals surface area (Å²) in [5.74, 6) is -0.0704. The third kappa shape index (κ3) is 1.45. The first-order valence-electron chi connectivity index (χ1n) is 6.65. The number of carbonyl (C=O) groups excluding carboxylic acids is 1. The Kier molecular flexibility index (Phi) is 2.19. The monoisotopic (exact) mass is 279 g/mol. The largest absolute Gasteiger partial charge is 0.494 e. The van der Waals surface area contributed by atoms with Crippen molar-refractivity contribution < 1.29 is 9.90 Å². The highest BCUT2D eigenvalue weighted by atomic mass is 16.3. The van der Waals surface area contributed by atoms with Gasteiger partial charge in [0.25, 0.3) is 0 Å². The summed E-state index contributed by atoms with van der Waals surface area (Å²) in [4.78, 5) is 19.6. The minimum Gasteiger partial charge on any atom is -0.494 e. The summed E-state index contributed by atoms with van der Waals surface area (Å²) >= 11 is 0. The standard InChI is InChI=1S/C16H13N3O2/c1-18-9-7-11-10-5-3-4-6-13(10)17-14(11)12(8-9)15(20)19(2)16(18)21/h3-8,20H,1-2H3. The highest BCUT2D eigenvalue weighted by Gasteiger charge is 2.26. The predicted octanol–water partition coefficient (Wildman–Crippen LogP) is 1.74. The summed E-state index contributed by atoms with van der Waals surface area (Å²) in [6.07, 6.45) is 0. The van der Waals surface area contributed by atoms with Crippen LogP contribution in [0.2, 0.25) is 0 Å². The summed E-state index contributed by atoms with van der Waals surface area (Å²) in [5.41, 5.74) is 3.60. The van der Waals surface area contributed by atoms with Crippen LogP contribution in [0, 0.1) is 0 Å². The van der Waals surface area contributed by atoms with Crippen LogP contribution in [0.1, 0.15) is 0 Å². The maximum atomic E-state index is 12.2. The van der Waals surface area contributed by atoms with Gasteiger partial charge in [0.2, 0.25) is 5.88 Å². The van der Waals surface area contributed by atoms with E-state index >= 15 is 0 Å². The van der Waals surface area contributed by atoms with Crippen LogP contribution in [-0.2, 0) is 0 Å². The minimum absolute atomic E-state index is 0.0704. The van der Waals surface area contributed by atoms with E-state index in [2.05, 4.69) is 4.99 Å². The SMILES string of the molecule is CN1C(=O)N(C)c2cc3c(c(c2)=C1O)=Nc1ccccc1-3. The van der Waals surface area contributed by atoms with Gasteiger partial charge in [-0.3, -0.25) is 9.80 Å². The minimum atomic E-state index is -0.278. The number of hydrogen-bond acceptors (Lipinski definition) is 3. The number of aliphatic hydroxyl groups is 1. The summed E-state index contributed by atoms with van der Waals surface area (Å²) in [6.45, 7) is 0. The summed E-state index contributed by atoms with van der Waals surface area (Å²) in [7, 11) is 3.25. The van der Waals surface area contributed by atoms with Crippen LogP contribution in [0.3, 0.4) is 0 Å². The zero-order valence-corrected chi connectivity index (χ0v) is 11.7. The van der Waals surface area contributed by atoms with Gasteiger partial charge in [-0.2, -0.15) is 0 Å². The van der Waals surface area contributed by atoms with Gasteiger partial charge in [0.1, 0.15) is 0 Å². The van der Waals surface area contributed by atoms with E-state index in [4.69, 9.17) is 0 Å². The van der Waals surface area contributed by atoms with Crippen LogP contribution < -0.4 is 15.5 Å². The van der Waals surface area contributed by atoms with E-state index in [0.717, 1.165) is 22.5 Å². The average Bonchev–Trinajstić information content (AvgIpc) is 2.87. The van der Waals surface area contributed by atoms with Crippen LogP contribution in [0.15, 0.2) is 41.4 Å². The van der Waals surface area contributed by atoms with E-state index in [0.29, 0.717) is 10.6 Å². The Morgan fingerprint density at radius 1 is 1.05 bits per heavy atom. The van der Waals surface area contributed by atoms with Crippen LogP contribution in [0.4, 0.5) is 16.2 Å². The number of urea groups is 1. The third-order valence-electron chi connectivity index (χ3n) is 4.04. The van der Waals surface area contributed by atoms with E-state index in [-0.39, 0.29) is 11.9 Å². The molecule has 2 bridgehead atoms. The molecule has 0 saturated heterocycles. The molecule has 5 nitrogen and oxygen atoms in total. The Morgan fingerprint density at radius 3 is 2.62 bits per heavy atom. The van der Waals surface area contributed by atoms with Gasteiger partial charge in [-0.25, -0.2) is 9.79 Å². The lowest BCUT2D eigenvalue weighted by atomic mass is 10.0. The van der Waals surface area contributed by atoms with Gasteiger partial charge < -0.3 is 5.11 Å². The van der Waals surface area contributed by atoms with Gasteiger partial charge in [-0.15, -0.1) is 0 Å². The Bertz CT molecular complexity index is 918. The van der Waals surface area contributed by atoms with Crippen molar-refractivity contribution in [3.63, 3.8) is 0 Å². The molecule has 5 heteroatoms. The van der Waals surface area contributed by atoms with E-state index < -0.39 is 0 Å². The lowest BCUT2D eigenvalue weighted by Gasteiger charge is -2.21. The molecule has 0 atom stereocenters. The molecule has 104 valence electrons. The first kappa shape index (κ1) is 12.0. The Morgan fingerprint density at radius 2 is 1.81 bits per heavy atom. The van der Waals surface area contributed by atoms with Gasteiger partial charge in [-0.1, -0.05) is 18.2 Å². The van der Waals surface area contributed by atoms with Crippen LogP contribution in [-0.4, -0.2) is 30.1 Å². The highest BCUT2D eigenvalue weighted by Crippen LogP contribution is 2.33. The summed E-state index contributed by atoms with van der Waals surface area (Å²) < 4.78 is 0. The molecule has 2 aliphatic heterocycles. The normalized spacial score (nSPS) is 15.5. The molecule has 0 fully saturated rings. The van der Waals surface area contributed by atoms with Crippen molar-refractivity contribution in [2.45, 2.75) is 0 Å².